The van der Waals surface area contributed by atoms with E-state index >= 15 is 0 Å². The Morgan fingerprint density at radius 2 is 2.00 bits per heavy atom. The minimum absolute atomic E-state index is 0.132. The molecule has 0 aliphatic rings. The van der Waals surface area contributed by atoms with Crippen LogP contribution in [0, 0.1) is 5.82 Å². The van der Waals surface area contributed by atoms with E-state index in [0.29, 0.717) is 31.7 Å². The molecule has 0 unspecified atom stereocenters. The quantitative estimate of drug-likeness (QED) is 0.686. The predicted molar refractivity (Wildman–Crippen MR) is 94.0 cm³/mol. The molecule has 2 aromatic rings. The summed E-state index contributed by atoms with van der Waals surface area (Å²) in [5, 5.41) is 6.88. The van der Waals surface area contributed by atoms with Crippen molar-refractivity contribution in [3.05, 3.63) is 52.6 Å². The van der Waals surface area contributed by atoms with Crippen LogP contribution in [0.5, 0.6) is 5.88 Å². The summed E-state index contributed by atoms with van der Waals surface area (Å²) in [7, 11) is 1.60. The fourth-order valence-corrected chi connectivity index (χ4v) is 2.23. The van der Waals surface area contributed by atoms with E-state index in [2.05, 4.69) is 10.4 Å². The lowest BCUT2D eigenvalue weighted by molar-refractivity contribution is -0.128. The Balaban J connectivity index is 2.10. The van der Waals surface area contributed by atoms with Crippen molar-refractivity contribution in [3.8, 4) is 11.6 Å². The minimum Gasteiger partial charge on any atom is -0.463 e. The van der Waals surface area contributed by atoms with Crippen LogP contribution in [0.1, 0.15) is 19.8 Å². The van der Waals surface area contributed by atoms with E-state index < -0.39 is 11.9 Å². The van der Waals surface area contributed by atoms with E-state index in [-0.39, 0.29) is 17.3 Å². The molecular weight excluding hydrogens is 341 g/mol. The number of methoxy groups -OCH3 is 1. The molecule has 0 aliphatic carbocycles. The van der Waals surface area contributed by atoms with Crippen molar-refractivity contribution in [2.45, 2.75) is 25.9 Å². The maximum Gasteiger partial charge on any atom is 0.271 e. The fraction of sp³-hybridized carbons (Fsp3) is 0.389. The second-order valence-corrected chi connectivity index (χ2v) is 5.55. The number of ether oxygens (including phenoxy) is 2. The highest BCUT2D eigenvalue weighted by atomic mass is 19.1. The van der Waals surface area contributed by atoms with Gasteiger partial charge in [0.15, 0.2) is 6.10 Å². The molecule has 1 N–H and O–H groups in total. The number of carbonyl (C=O) groups excluding carboxylic acids is 1. The second kappa shape index (κ2) is 9.67. The summed E-state index contributed by atoms with van der Waals surface area (Å²) in [4.78, 5) is 24.2. The standard InChI is InChI=1S/C18H22FN3O4/c1-3-15(18(24)20-11-4-12-25-2)26-16-9-10-17(23)22(21-16)14-7-5-13(19)6-8-14/h5-10,15H,3-4,11-12H2,1-2H3,(H,20,24)/t15-/m0/s1. The number of amides is 1. The van der Waals surface area contributed by atoms with Crippen molar-refractivity contribution >= 4 is 5.91 Å². The summed E-state index contributed by atoms with van der Waals surface area (Å²) >= 11 is 0. The molecule has 0 radical (unpaired) electrons. The average Bonchev–Trinajstić information content (AvgIpc) is 2.65. The molecule has 0 fully saturated rings. The first-order valence-electron chi connectivity index (χ1n) is 8.34. The molecule has 1 amide bonds. The SMILES string of the molecule is CC[C@H](Oc1ccc(=O)n(-c2ccc(F)cc2)n1)C(=O)NCCCOC. The zero-order chi connectivity index (χ0) is 18.9. The predicted octanol–water partition coefficient (Wildman–Crippen LogP) is 1.68. The molecule has 0 saturated carbocycles. The van der Waals surface area contributed by atoms with Crippen molar-refractivity contribution in [1.29, 1.82) is 0 Å². The van der Waals surface area contributed by atoms with Gasteiger partial charge < -0.3 is 14.8 Å². The molecule has 0 aliphatic heterocycles. The number of aromatic nitrogens is 2. The third kappa shape index (κ3) is 5.38. The van der Waals surface area contributed by atoms with Gasteiger partial charge in [0.2, 0.25) is 5.88 Å². The summed E-state index contributed by atoms with van der Waals surface area (Å²) in [5.41, 5.74) is 0.0138. The van der Waals surface area contributed by atoms with Gasteiger partial charge in [0.1, 0.15) is 5.82 Å². The smallest absolute Gasteiger partial charge is 0.271 e. The van der Waals surface area contributed by atoms with Gasteiger partial charge in [-0.15, -0.1) is 5.10 Å². The van der Waals surface area contributed by atoms with E-state index in [9.17, 15) is 14.0 Å². The van der Waals surface area contributed by atoms with Gasteiger partial charge in [0.05, 0.1) is 5.69 Å². The van der Waals surface area contributed by atoms with Gasteiger partial charge in [-0.3, -0.25) is 9.59 Å². The monoisotopic (exact) mass is 363 g/mol. The number of rotatable bonds is 9. The van der Waals surface area contributed by atoms with Crippen LogP contribution in [0.15, 0.2) is 41.2 Å². The van der Waals surface area contributed by atoms with E-state index in [1.165, 1.54) is 36.4 Å². The lowest BCUT2D eigenvalue weighted by atomic mass is 10.2. The Morgan fingerprint density at radius 1 is 1.27 bits per heavy atom. The number of nitrogens with one attached hydrogen (secondary N) is 1. The topological polar surface area (TPSA) is 82.5 Å². The van der Waals surface area contributed by atoms with Crippen molar-refractivity contribution in [3.63, 3.8) is 0 Å². The normalized spacial score (nSPS) is 11.8. The van der Waals surface area contributed by atoms with E-state index in [1.54, 1.807) is 7.11 Å². The van der Waals surface area contributed by atoms with Crippen LogP contribution in [-0.2, 0) is 9.53 Å². The van der Waals surface area contributed by atoms with Crippen LogP contribution in [0.25, 0.3) is 5.69 Å². The number of nitrogens with zero attached hydrogens (tertiary/aromatic N) is 2. The Labute approximate surface area is 150 Å². The molecular formula is C18H22FN3O4. The van der Waals surface area contributed by atoms with Gasteiger partial charge in [-0.2, -0.15) is 4.68 Å². The zero-order valence-electron chi connectivity index (χ0n) is 14.8. The first kappa shape index (κ1) is 19.6. The number of halogens is 1. The van der Waals surface area contributed by atoms with Gasteiger partial charge in [-0.1, -0.05) is 6.92 Å². The van der Waals surface area contributed by atoms with Crippen LogP contribution < -0.4 is 15.6 Å². The maximum atomic E-state index is 13.1. The highest BCUT2D eigenvalue weighted by Crippen LogP contribution is 2.11. The molecule has 140 valence electrons. The van der Waals surface area contributed by atoms with Gasteiger partial charge in [0.25, 0.3) is 11.5 Å². The third-order valence-electron chi connectivity index (χ3n) is 3.60. The van der Waals surface area contributed by atoms with Crippen molar-refractivity contribution in [1.82, 2.24) is 15.1 Å². The number of carbonyl (C=O) groups is 1. The van der Waals surface area contributed by atoms with Crippen LogP contribution in [0.2, 0.25) is 0 Å². The second-order valence-electron chi connectivity index (χ2n) is 5.55. The van der Waals surface area contributed by atoms with E-state index in [0.717, 1.165) is 4.68 Å². The Morgan fingerprint density at radius 3 is 2.65 bits per heavy atom. The summed E-state index contributed by atoms with van der Waals surface area (Å²) < 4.78 is 24.7. The van der Waals surface area contributed by atoms with E-state index in [4.69, 9.17) is 9.47 Å². The number of hydrogen-bond acceptors (Lipinski definition) is 5. The molecule has 7 nitrogen and oxygen atoms in total. The molecule has 1 aromatic heterocycles. The van der Waals surface area contributed by atoms with Crippen LogP contribution in [-0.4, -0.2) is 42.1 Å². The first-order valence-corrected chi connectivity index (χ1v) is 8.34. The summed E-state index contributed by atoms with van der Waals surface area (Å²) in [6, 6.07) is 8.04. The van der Waals surface area contributed by atoms with Crippen molar-refractivity contribution in [2.24, 2.45) is 0 Å². The number of benzene rings is 1. The van der Waals surface area contributed by atoms with Crippen molar-refractivity contribution in [2.75, 3.05) is 20.3 Å². The molecule has 2 rings (SSSR count). The van der Waals surface area contributed by atoms with Gasteiger partial charge >= 0.3 is 0 Å². The van der Waals surface area contributed by atoms with Gasteiger partial charge in [0, 0.05) is 32.4 Å². The van der Waals surface area contributed by atoms with Crippen LogP contribution >= 0.6 is 0 Å². The largest absolute Gasteiger partial charge is 0.463 e. The Kier molecular flexibility index (Phi) is 7.28. The van der Waals surface area contributed by atoms with E-state index in [1.807, 2.05) is 6.92 Å². The molecule has 8 heteroatoms. The molecule has 0 bridgehead atoms. The fourth-order valence-electron chi connectivity index (χ4n) is 2.23. The van der Waals surface area contributed by atoms with Crippen molar-refractivity contribution < 1.29 is 18.7 Å². The van der Waals surface area contributed by atoms with Crippen LogP contribution in [0.3, 0.4) is 0 Å². The third-order valence-corrected chi connectivity index (χ3v) is 3.60. The van der Waals surface area contributed by atoms with Crippen LogP contribution in [0.4, 0.5) is 4.39 Å². The zero-order valence-corrected chi connectivity index (χ0v) is 14.8. The lowest BCUT2D eigenvalue weighted by Crippen LogP contribution is -2.39. The molecule has 0 saturated heterocycles. The maximum absolute atomic E-state index is 13.1. The number of hydrogen-bond donors (Lipinski definition) is 1. The first-order chi connectivity index (χ1) is 12.5. The van der Waals surface area contributed by atoms with Gasteiger partial charge in [-0.05, 0) is 37.1 Å². The molecule has 0 spiro atoms. The van der Waals surface area contributed by atoms with Gasteiger partial charge in [-0.25, -0.2) is 4.39 Å². The average molecular weight is 363 g/mol. The Bertz CT molecular complexity index is 777. The highest BCUT2D eigenvalue weighted by Gasteiger charge is 2.19. The molecule has 26 heavy (non-hydrogen) atoms. The minimum atomic E-state index is -0.732. The molecule has 1 atom stereocenters. The summed E-state index contributed by atoms with van der Waals surface area (Å²) in [6.07, 6.45) is 0.407. The lowest BCUT2D eigenvalue weighted by Gasteiger charge is -2.17. The highest BCUT2D eigenvalue weighted by molar-refractivity contribution is 5.80. The summed E-state index contributed by atoms with van der Waals surface area (Å²) in [6.45, 7) is 2.85. The summed E-state index contributed by atoms with van der Waals surface area (Å²) in [5.74, 6) is -0.539. The molecule has 1 aromatic carbocycles. The molecule has 1 heterocycles. The Hall–Kier alpha value is -2.74.